The normalized spacial score (nSPS) is 19.6. The summed E-state index contributed by atoms with van der Waals surface area (Å²) in [5.41, 5.74) is 5.87. The summed E-state index contributed by atoms with van der Waals surface area (Å²) >= 11 is 0. The van der Waals surface area contributed by atoms with Gasteiger partial charge in [0.25, 0.3) is 5.91 Å². The first-order chi connectivity index (χ1) is 8.11. The molecule has 3 N–H and O–H groups in total. The minimum absolute atomic E-state index is 0.0935. The van der Waals surface area contributed by atoms with Gasteiger partial charge in [0.05, 0.1) is 5.56 Å². The van der Waals surface area contributed by atoms with Gasteiger partial charge in [0, 0.05) is 24.8 Å². The van der Waals surface area contributed by atoms with Gasteiger partial charge in [-0.3, -0.25) is 4.79 Å². The molecule has 0 saturated carbocycles. The molecule has 1 aromatic carbocycles. The van der Waals surface area contributed by atoms with E-state index in [0.29, 0.717) is 24.8 Å². The molecule has 0 unspecified atom stereocenters. The Hall–Kier alpha value is -1.62. The molecular formula is C12H16FN3O. The van der Waals surface area contributed by atoms with Crippen molar-refractivity contribution in [2.75, 3.05) is 25.9 Å². The lowest BCUT2D eigenvalue weighted by Gasteiger charge is -2.16. The molecular weight excluding hydrogens is 221 g/mol. The Morgan fingerprint density at radius 1 is 1.59 bits per heavy atom. The van der Waals surface area contributed by atoms with Crippen LogP contribution in [0.15, 0.2) is 18.2 Å². The maximum atomic E-state index is 13.6. The Morgan fingerprint density at radius 2 is 2.35 bits per heavy atom. The highest BCUT2D eigenvalue weighted by Crippen LogP contribution is 2.17. The molecule has 1 atom stereocenters. The standard InChI is InChI=1S/C12H16FN3O/c1-15-9-4-5-16(7-9)12(17)10-3-2-8(14)6-11(10)13/h2-3,6,9,15H,4-5,7,14H2,1H3/t9-/m0/s1. The zero-order valence-electron chi connectivity index (χ0n) is 9.74. The van der Waals surface area contributed by atoms with Crippen LogP contribution < -0.4 is 11.1 Å². The second-order valence-corrected chi connectivity index (χ2v) is 4.26. The molecule has 0 aliphatic carbocycles. The van der Waals surface area contributed by atoms with E-state index in [1.54, 1.807) is 11.0 Å². The van der Waals surface area contributed by atoms with Gasteiger partial charge in [-0.2, -0.15) is 0 Å². The third-order valence-corrected chi connectivity index (χ3v) is 3.11. The summed E-state index contributed by atoms with van der Waals surface area (Å²) in [7, 11) is 1.86. The largest absolute Gasteiger partial charge is 0.399 e. The lowest BCUT2D eigenvalue weighted by atomic mass is 10.1. The van der Waals surface area contributed by atoms with Crippen LogP contribution in [0, 0.1) is 5.82 Å². The third-order valence-electron chi connectivity index (χ3n) is 3.11. The van der Waals surface area contributed by atoms with Gasteiger partial charge in [0.2, 0.25) is 0 Å². The van der Waals surface area contributed by atoms with Gasteiger partial charge in [-0.25, -0.2) is 4.39 Å². The second-order valence-electron chi connectivity index (χ2n) is 4.26. The third kappa shape index (κ3) is 2.39. The molecule has 17 heavy (non-hydrogen) atoms. The lowest BCUT2D eigenvalue weighted by molar-refractivity contribution is 0.0785. The summed E-state index contributed by atoms with van der Waals surface area (Å²) in [5.74, 6) is -0.817. The molecule has 5 heteroatoms. The maximum Gasteiger partial charge on any atom is 0.256 e. The summed E-state index contributed by atoms with van der Waals surface area (Å²) < 4.78 is 13.6. The van der Waals surface area contributed by atoms with Gasteiger partial charge < -0.3 is 16.0 Å². The molecule has 1 saturated heterocycles. The number of hydrogen-bond acceptors (Lipinski definition) is 3. The van der Waals surface area contributed by atoms with Crippen molar-refractivity contribution in [3.63, 3.8) is 0 Å². The predicted molar refractivity (Wildman–Crippen MR) is 64.2 cm³/mol. The fourth-order valence-corrected chi connectivity index (χ4v) is 2.06. The van der Waals surface area contributed by atoms with Crippen LogP contribution in [0.1, 0.15) is 16.8 Å². The van der Waals surface area contributed by atoms with Crippen molar-refractivity contribution in [1.82, 2.24) is 10.2 Å². The first kappa shape index (κ1) is 11.9. The molecule has 0 bridgehead atoms. The van der Waals surface area contributed by atoms with Gasteiger partial charge in [-0.15, -0.1) is 0 Å². The van der Waals surface area contributed by atoms with Gasteiger partial charge in [0.1, 0.15) is 5.82 Å². The monoisotopic (exact) mass is 237 g/mol. The molecule has 4 nitrogen and oxygen atoms in total. The number of carbonyl (C=O) groups is 1. The number of carbonyl (C=O) groups excluding carboxylic acids is 1. The molecule has 1 fully saturated rings. The van der Waals surface area contributed by atoms with Gasteiger partial charge in [-0.1, -0.05) is 0 Å². The van der Waals surface area contributed by atoms with Gasteiger partial charge in [-0.05, 0) is 31.7 Å². The van der Waals surface area contributed by atoms with E-state index in [1.807, 2.05) is 7.05 Å². The molecule has 0 spiro atoms. The molecule has 1 aliphatic heterocycles. The van der Waals surface area contributed by atoms with E-state index >= 15 is 0 Å². The van der Waals surface area contributed by atoms with Crippen molar-refractivity contribution in [3.05, 3.63) is 29.6 Å². The first-order valence-corrected chi connectivity index (χ1v) is 5.63. The number of anilines is 1. The number of nitrogen functional groups attached to an aromatic ring is 1. The second kappa shape index (κ2) is 4.71. The number of nitrogens with one attached hydrogen (secondary N) is 1. The fourth-order valence-electron chi connectivity index (χ4n) is 2.06. The van der Waals surface area contributed by atoms with Crippen LogP contribution in [0.2, 0.25) is 0 Å². The zero-order valence-corrected chi connectivity index (χ0v) is 9.74. The van der Waals surface area contributed by atoms with Crippen LogP contribution in [0.3, 0.4) is 0 Å². The van der Waals surface area contributed by atoms with Gasteiger partial charge in [0.15, 0.2) is 0 Å². The molecule has 92 valence electrons. The number of likely N-dealkylation sites (N-methyl/N-ethyl adjacent to an activating group) is 1. The van der Waals surface area contributed by atoms with Crippen molar-refractivity contribution in [1.29, 1.82) is 0 Å². The minimum atomic E-state index is -0.553. The number of rotatable bonds is 2. The van der Waals surface area contributed by atoms with E-state index in [0.717, 1.165) is 6.42 Å². The molecule has 0 aromatic heterocycles. The van der Waals surface area contributed by atoms with Crippen molar-refractivity contribution in [3.8, 4) is 0 Å². The van der Waals surface area contributed by atoms with Gasteiger partial charge >= 0.3 is 0 Å². The molecule has 1 aliphatic rings. The van der Waals surface area contributed by atoms with Crippen molar-refractivity contribution in [2.24, 2.45) is 0 Å². The summed E-state index contributed by atoms with van der Waals surface area (Å²) in [6.07, 6.45) is 0.902. The van der Waals surface area contributed by atoms with E-state index in [2.05, 4.69) is 5.32 Å². The van der Waals surface area contributed by atoms with E-state index in [4.69, 9.17) is 5.73 Å². The van der Waals surface area contributed by atoms with Crippen LogP contribution in [-0.2, 0) is 0 Å². The number of hydrogen-bond donors (Lipinski definition) is 2. The Labute approximate surface area is 99.6 Å². The Kier molecular flexibility index (Phi) is 3.28. The molecule has 2 rings (SSSR count). The number of amides is 1. The Bertz CT molecular complexity index is 436. The maximum absolute atomic E-state index is 13.6. The predicted octanol–water partition coefficient (Wildman–Crippen LogP) is 0.842. The number of likely N-dealkylation sites (tertiary alicyclic amines) is 1. The van der Waals surface area contributed by atoms with E-state index < -0.39 is 5.82 Å². The van der Waals surface area contributed by atoms with Crippen molar-refractivity contribution >= 4 is 11.6 Å². The highest BCUT2D eigenvalue weighted by Gasteiger charge is 2.27. The SMILES string of the molecule is CN[C@H]1CCN(C(=O)c2ccc(N)cc2F)C1. The van der Waals surface area contributed by atoms with Crippen LogP contribution in [0.4, 0.5) is 10.1 Å². The quantitative estimate of drug-likeness (QED) is 0.749. The molecule has 1 amide bonds. The summed E-state index contributed by atoms with van der Waals surface area (Å²) in [4.78, 5) is 13.7. The van der Waals surface area contributed by atoms with E-state index in [-0.39, 0.29) is 11.5 Å². The van der Waals surface area contributed by atoms with Crippen molar-refractivity contribution in [2.45, 2.75) is 12.5 Å². The van der Waals surface area contributed by atoms with E-state index in [9.17, 15) is 9.18 Å². The summed E-state index contributed by atoms with van der Waals surface area (Å²) in [6, 6.07) is 4.47. The summed E-state index contributed by atoms with van der Waals surface area (Å²) in [6.45, 7) is 1.29. The average Bonchev–Trinajstić information content (AvgIpc) is 2.76. The highest BCUT2D eigenvalue weighted by molar-refractivity contribution is 5.95. The highest BCUT2D eigenvalue weighted by atomic mass is 19.1. The van der Waals surface area contributed by atoms with Crippen LogP contribution in [-0.4, -0.2) is 37.0 Å². The molecule has 1 aromatic rings. The summed E-state index contributed by atoms with van der Waals surface area (Å²) in [5, 5.41) is 3.12. The zero-order chi connectivity index (χ0) is 12.4. The first-order valence-electron chi connectivity index (χ1n) is 5.63. The molecule has 1 heterocycles. The number of nitrogens with zero attached hydrogens (tertiary/aromatic N) is 1. The Balaban J connectivity index is 2.15. The topological polar surface area (TPSA) is 58.4 Å². The number of benzene rings is 1. The lowest BCUT2D eigenvalue weighted by Crippen LogP contribution is -2.33. The Morgan fingerprint density at radius 3 is 2.94 bits per heavy atom. The van der Waals surface area contributed by atoms with Crippen LogP contribution >= 0.6 is 0 Å². The van der Waals surface area contributed by atoms with Crippen LogP contribution in [0.25, 0.3) is 0 Å². The smallest absolute Gasteiger partial charge is 0.256 e. The number of halogens is 1. The van der Waals surface area contributed by atoms with E-state index in [1.165, 1.54) is 12.1 Å². The van der Waals surface area contributed by atoms with Crippen LogP contribution in [0.5, 0.6) is 0 Å². The number of nitrogens with two attached hydrogens (primary N) is 1. The van der Waals surface area contributed by atoms with Crippen molar-refractivity contribution < 1.29 is 9.18 Å². The molecule has 0 radical (unpaired) electrons. The average molecular weight is 237 g/mol. The fraction of sp³-hybridized carbons (Fsp3) is 0.417. The minimum Gasteiger partial charge on any atom is -0.399 e.